The zero-order valence-corrected chi connectivity index (χ0v) is 14.5. The van der Waals surface area contributed by atoms with Gasteiger partial charge in [0.15, 0.2) is 0 Å². The summed E-state index contributed by atoms with van der Waals surface area (Å²) in [6.07, 6.45) is 1.44. The summed E-state index contributed by atoms with van der Waals surface area (Å²) in [5.41, 5.74) is 0.560. The van der Waals surface area contributed by atoms with Crippen LogP contribution >= 0.6 is 0 Å². The van der Waals surface area contributed by atoms with E-state index in [1.165, 1.54) is 13.0 Å². The first kappa shape index (κ1) is 18.9. The Hall–Kier alpha value is -2.44. The van der Waals surface area contributed by atoms with E-state index in [4.69, 9.17) is 0 Å². The first-order chi connectivity index (χ1) is 12.0. The van der Waals surface area contributed by atoms with Crippen LogP contribution in [-0.2, 0) is 20.8 Å². The minimum atomic E-state index is -0.282. The zero-order valence-electron chi connectivity index (χ0n) is 14.5. The number of rotatable bonds is 7. The highest BCUT2D eigenvalue weighted by atomic mass is 19.1. The van der Waals surface area contributed by atoms with Gasteiger partial charge in [0.05, 0.1) is 0 Å². The van der Waals surface area contributed by atoms with Crippen molar-refractivity contribution in [3.05, 3.63) is 35.6 Å². The third kappa shape index (κ3) is 5.55. The van der Waals surface area contributed by atoms with Crippen molar-refractivity contribution in [2.24, 2.45) is 0 Å². The quantitative estimate of drug-likeness (QED) is 0.688. The summed E-state index contributed by atoms with van der Waals surface area (Å²) in [7, 11) is 0. The number of nitrogens with zero attached hydrogens (tertiary/aromatic N) is 3. The molecule has 0 aromatic heterocycles. The number of carbonyl (C=O) groups is 3. The lowest BCUT2D eigenvalue weighted by Crippen LogP contribution is -2.48. The van der Waals surface area contributed by atoms with E-state index in [2.05, 4.69) is 0 Å². The van der Waals surface area contributed by atoms with Crippen LogP contribution in [0, 0.1) is 5.82 Å². The van der Waals surface area contributed by atoms with Gasteiger partial charge in [-0.2, -0.15) is 0 Å². The van der Waals surface area contributed by atoms with E-state index < -0.39 is 0 Å². The van der Waals surface area contributed by atoms with Gasteiger partial charge in [0.1, 0.15) is 5.82 Å². The highest BCUT2D eigenvalue weighted by molar-refractivity contribution is 5.78. The number of amides is 3. The molecule has 7 heteroatoms. The highest BCUT2D eigenvalue weighted by Crippen LogP contribution is 2.09. The summed E-state index contributed by atoms with van der Waals surface area (Å²) < 4.78 is 13.7. The van der Waals surface area contributed by atoms with Crippen molar-refractivity contribution in [3.63, 3.8) is 0 Å². The molecular formula is C18H24FN3O3. The van der Waals surface area contributed by atoms with Crippen molar-refractivity contribution in [2.75, 3.05) is 39.3 Å². The summed E-state index contributed by atoms with van der Waals surface area (Å²) in [5.74, 6) is -0.437. The lowest BCUT2D eigenvalue weighted by molar-refractivity contribution is -0.136. The Labute approximate surface area is 147 Å². The van der Waals surface area contributed by atoms with E-state index in [1.54, 1.807) is 32.9 Å². The molecular weight excluding hydrogens is 325 g/mol. The molecule has 0 radical (unpaired) electrons. The van der Waals surface area contributed by atoms with E-state index in [-0.39, 0.29) is 24.1 Å². The maximum atomic E-state index is 13.7. The van der Waals surface area contributed by atoms with Crippen LogP contribution in [-0.4, -0.2) is 72.2 Å². The van der Waals surface area contributed by atoms with Gasteiger partial charge in [-0.15, -0.1) is 0 Å². The van der Waals surface area contributed by atoms with E-state index in [1.807, 2.05) is 0 Å². The monoisotopic (exact) mass is 349 g/mol. The van der Waals surface area contributed by atoms with Crippen molar-refractivity contribution in [2.45, 2.75) is 19.8 Å². The summed E-state index contributed by atoms with van der Waals surface area (Å²) in [6.45, 7) is 4.27. The number of hydrogen-bond acceptors (Lipinski definition) is 3. The van der Waals surface area contributed by atoms with Gasteiger partial charge >= 0.3 is 0 Å². The lowest BCUT2D eigenvalue weighted by Gasteiger charge is -2.33. The van der Waals surface area contributed by atoms with Crippen LogP contribution in [0.15, 0.2) is 24.3 Å². The molecule has 1 saturated heterocycles. The Bertz CT molecular complexity index is 615. The van der Waals surface area contributed by atoms with Gasteiger partial charge in [0.2, 0.25) is 18.2 Å². The first-order valence-corrected chi connectivity index (χ1v) is 8.47. The molecule has 1 aliphatic rings. The maximum absolute atomic E-state index is 13.7. The molecule has 6 nitrogen and oxygen atoms in total. The van der Waals surface area contributed by atoms with Gasteiger partial charge in [-0.05, 0) is 18.1 Å². The average Bonchev–Trinajstić information content (AvgIpc) is 2.62. The summed E-state index contributed by atoms with van der Waals surface area (Å²) in [5, 5.41) is 0. The molecule has 0 atom stereocenters. The van der Waals surface area contributed by atoms with Crippen LogP contribution in [0.2, 0.25) is 0 Å². The van der Waals surface area contributed by atoms with Gasteiger partial charge < -0.3 is 14.7 Å². The highest BCUT2D eigenvalue weighted by Gasteiger charge is 2.21. The molecule has 1 heterocycles. The SMILES string of the molecule is CC(=O)N(CCC(=O)N1CCN(C=O)CC1)CCc1ccccc1F. The number of halogens is 1. The van der Waals surface area contributed by atoms with Gasteiger partial charge in [-0.1, -0.05) is 18.2 Å². The van der Waals surface area contributed by atoms with Crippen LogP contribution < -0.4 is 0 Å². The maximum Gasteiger partial charge on any atom is 0.224 e. The fraction of sp³-hybridized carbons (Fsp3) is 0.500. The smallest absolute Gasteiger partial charge is 0.224 e. The first-order valence-electron chi connectivity index (χ1n) is 8.47. The predicted molar refractivity (Wildman–Crippen MR) is 91.2 cm³/mol. The fourth-order valence-electron chi connectivity index (χ4n) is 2.85. The van der Waals surface area contributed by atoms with E-state index in [0.29, 0.717) is 51.3 Å². The second-order valence-electron chi connectivity index (χ2n) is 6.12. The summed E-state index contributed by atoms with van der Waals surface area (Å²) in [6, 6.07) is 6.49. The van der Waals surface area contributed by atoms with Crippen molar-refractivity contribution in [1.29, 1.82) is 0 Å². The predicted octanol–water partition coefficient (Wildman–Crippen LogP) is 0.907. The molecule has 1 aromatic rings. The van der Waals surface area contributed by atoms with Crippen LogP contribution in [0.5, 0.6) is 0 Å². The third-order valence-corrected chi connectivity index (χ3v) is 4.47. The van der Waals surface area contributed by atoms with Gasteiger partial charge in [-0.3, -0.25) is 14.4 Å². The van der Waals surface area contributed by atoms with Gasteiger partial charge in [0, 0.05) is 52.6 Å². The van der Waals surface area contributed by atoms with Gasteiger partial charge in [0.25, 0.3) is 0 Å². The molecule has 0 unspecified atom stereocenters. The van der Waals surface area contributed by atoms with Crippen molar-refractivity contribution in [3.8, 4) is 0 Å². The number of piperazine rings is 1. The molecule has 1 aliphatic heterocycles. The van der Waals surface area contributed by atoms with Crippen LogP contribution in [0.4, 0.5) is 4.39 Å². The Kier molecular flexibility index (Phi) is 6.91. The average molecular weight is 349 g/mol. The van der Waals surface area contributed by atoms with Crippen molar-refractivity contribution in [1.82, 2.24) is 14.7 Å². The normalized spacial score (nSPS) is 14.3. The van der Waals surface area contributed by atoms with Crippen molar-refractivity contribution < 1.29 is 18.8 Å². The molecule has 2 rings (SSSR count). The second-order valence-corrected chi connectivity index (χ2v) is 6.12. The molecule has 1 aromatic carbocycles. The van der Waals surface area contributed by atoms with Crippen LogP contribution in [0.3, 0.4) is 0 Å². The minimum Gasteiger partial charge on any atom is -0.342 e. The topological polar surface area (TPSA) is 60.9 Å². The zero-order chi connectivity index (χ0) is 18.2. The number of carbonyl (C=O) groups excluding carboxylic acids is 3. The Morgan fingerprint density at radius 3 is 2.44 bits per heavy atom. The van der Waals surface area contributed by atoms with Gasteiger partial charge in [-0.25, -0.2) is 4.39 Å². The largest absolute Gasteiger partial charge is 0.342 e. The molecule has 1 fully saturated rings. The van der Waals surface area contributed by atoms with Crippen LogP contribution in [0.25, 0.3) is 0 Å². The molecule has 136 valence electrons. The van der Waals surface area contributed by atoms with Crippen molar-refractivity contribution >= 4 is 18.2 Å². The molecule has 0 bridgehead atoms. The Balaban J connectivity index is 1.81. The number of benzene rings is 1. The molecule has 0 saturated carbocycles. The lowest BCUT2D eigenvalue weighted by atomic mass is 10.1. The molecule has 0 N–H and O–H groups in total. The Morgan fingerprint density at radius 2 is 1.84 bits per heavy atom. The summed E-state index contributed by atoms with van der Waals surface area (Å²) in [4.78, 5) is 39.7. The minimum absolute atomic E-state index is 0.0253. The second kappa shape index (κ2) is 9.15. The van der Waals surface area contributed by atoms with E-state index in [9.17, 15) is 18.8 Å². The Morgan fingerprint density at radius 1 is 1.16 bits per heavy atom. The van der Waals surface area contributed by atoms with E-state index >= 15 is 0 Å². The molecule has 0 aliphatic carbocycles. The third-order valence-electron chi connectivity index (χ3n) is 4.47. The molecule has 0 spiro atoms. The molecule has 3 amide bonds. The standard InChI is InChI=1S/C18H24FN3O3/c1-15(24)21(8-6-16-4-2-3-5-17(16)19)9-7-18(25)22-12-10-20(14-23)11-13-22/h2-5,14H,6-13H2,1H3. The summed E-state index contributed by atoms with van der Waals surface area (Å²) >= 11 is 0. The van der Waals surface area contributed by atoms with Crippen LogP contribution in [0.1, 0.15) is 18.9 Å². The fourth-order valence-corrected chi connectivity index (χ4v) is 2.85. The number of hydrogen-bond donors (Lipinski definition) is 0. The molecule has 25 heavy (non-hydrogen) atoms. The van der Waals surface area contributed by atoms with E-state index in [0.717, 1.165) is 6.41 Å².